The van der Waals surface area contributed by atoms with Crippen LogP contribution in [0.25, 0.3) is 0 Å². The van der Waals surface area contributed by atoms with Crippen LogP contribution in [0.3, 0.4) is 0 Å². The van der Waals surface area contributed by atoms with Crippen LogP contribution in [-0.4, -0.2) is 26.1 Å². The second kappa shape index (κ2) is 2.83. The first-order valence-corrected chi connectivity index (χ1v) is 2.41. The first kappa shape index (κ1) is 6.56. The molecule has 52 valence electrons. The van der Waals surface area contributed by atoms with Crippen molar-refractivity contribution in [2.75, 3.05) is 0 Å². The molecule has 0 fully saturated rings. The molecule has 6 nitrogen and oxygen atoms in total. The van der Waals surface area contributed by atoms with Crippen LogP contribution < -0.4 is 5.48 Å². The molecule has 1 aromatic heterocycles. The summed E-state index contributed by atoms with van der Waals surface area (Å²) in [5, 5.41) is 8.09. The van der Waals surface area contributed by atoms with Crippen LogP contribution in [0.1, 0.15) is 10.6 Å². The van der Waals surface area contributed by atoms with Gasteiger partial charge in [-0.1, -0.05) is 0 Å². The molecular formula is C4H4N4O2. The van der Waals surface area contributed by atoms with Gasteiger partial charge < -0.3 is 0 Å². The van der Waals surface area contributed by atoms with Gasteiger partial charge in [0.05, 0.1) is 0 Å². The van der Waals surface area contributed by atoms with E-state index in [-0.39, 0.29) is 5.82 Å². The van der Waals surface area contributed by atoms with Gasteiger partial charge in [0, 0.05) is 0 Å². The van der Waals surface area contributed by atoms with Crippen molar-refractivity contribution in [1.82, 2.24) is 20.4 Å². The lowest BCUT2D eigenvalue weighted by Crippen LogP contribution is -2.21. The number of carbonyl (C=O) groups excluding carboxylic acids is 1. The first-order chi connectivity index (χ1) is 4.84. The number of nitrogens with zero attached hydrogens (tertiary/aromatic N) is 3. The first-order valence-electron chi connectivity index (χ1n) is 2.41. The van der Waals surface area contributed by atoms with Crippen LogP contribution in [0, 0.1) is 0 Å². The Kier molecular flexibility index (Phi) is 1.86. The molecule has 1 rings (SSSR count). The standard InChI is InChI=1S/C4H4N4O2/c9-4(8-10)3-6-1-5-2-7-3/h1-2,10H,(H,8,9). The average molecular weight is 140 g/mol. The average Bonchev–Trinajstić information content (AvgIpc) is 2.05. The Bertz CT molecular complexity index is 224. The molecule has 0 aliphatic rings. The van der Waals surface area contributed by atoms with E-state index in [0.717, 1.165) is 12.7 Å². The minimum atomic E-state index is -0.748. The van der Waals surface area contributed by atoms with E-state index in [4.69, 9.17) is 5.21 Å². The zero-order valence-electron chi connectivity index (χ0n) is 4.85. The minimum Gasteiger partial charge on any atom is -0.288 e. The zero-order chi connectivity index (χ0) is 7.40. The van der Waals surface area contributed by atoms with Crippen molar-refractivity contribution in [3.63, 3.8) is 0 Å². The zero-order valence-corrected chi connectivity index (χ0v) is 4.85. The molecule has 2 N–H and O–H groups in total. The highest BCUT2D eigenvalue weighted by Crippen LogP contribution is 1.81. The Morgan fingerprint density at radius 3 is 2.60 bits per heavy atom. The molecule has 0 saturated carbocycles. The van der Waals surface area contributed by atoms with Crippen LogP contribution in [0.4, 0.5) is 0 Å². The summed E-state index contributed by atoms with van der Waals surface area (Å²) in [6.07, 6.45) is 2.33. The third-order valence-electron chi connectivity index (χ3n) is 0.798. The van der Waals surface area contributed by atoms with Crippen LogP contribution in [0.15, 0.2) is 12.7 Å². The number of nitrogens with one attached hydrogen (secondary N) is 1. The summed E-state index contributed by atoms with van der Waals surface area (Å²) < 4.78 is 0. The maximum Gasteiger partial charge on any atom is 0.312 e. The molecule has 0 aliphatic heterocycles. The minimum absolute atomic E-state index is 0.113. The molecule has 0 atom stereocenters. The van der Waals surface area contributed by atoms with Gasteiger partial charge in [0.2, 0.25) is 5.82 Å². The monoisotopic (exact) mass is 140 g/mol. The van der Waals surface area contributed by atoms with E-state index in [1.54, 1.807) is 0 Å². The van der Waals surface area contributed by atoms with Crippen molar-refractivity contribution >= 4 is 5.91 Å². The predicted molar refractivity (Wildman–Crippen MR) is 29.1 cm³/mol. The SMILES string of the molecule is O=C(NO)c1ncncn1. The van der Waals surface area contributed by atoms with E-state index in [0.29, 0.717) is 0 Å². The van der Waals surface area contributed by atoms with Gasteiger partial charge in [0.15, 0.2) is 0 Å². The maximum atomic E-state index is 10.5. The van der Waals surface area contributed by atoms with Gasteiger partial charge in [-0.05, 0) is 0 Å². The van der Waals surface area contributed by atoms with Gasteiger partial charge in [0.25, 0.3) is 0 Å². The number of rotatable bonds is 1. The highest BCUT2D eigenvalue weighted by atomic mass is 16.5. The van der Waals surface area contributed by atoms with E-state index in [1.807, 2.05) is 0 Å². The van der Waals surface area contributed by atoms with E-state index < -0.39 is 5.91 Å². The van der Waals surface area contributed by atoms with E-state index >= 15 is 0 Å². The Morgan fingerprint density at radius 2 is 2.10 bits per heavy atom. The number of hydrogen-bond donors (Lipinski definition) is 2. The van der Waals surface area contributed by atoms with Crippen LogP contribution in [-0.2, 0) is 0 Å². The summed E-state index contributed by atoms with van der Waals surface area (Å²) >= 11 is 0. The molecule has 6 heteroatoms. The largest absolute Gasteiger partial charge is 0.312 e. The fourth-order valence-electron chi connectivity index (χ4n) is 0.406. The molecule has 0 spiro atoms. The van der Waals surface area contributed by atoms with Gasteiger partial charge >= 0.3 is 5.91 Å². The quantitative estimate of drug-likeness (QED) is 0.385. The van der Waals surface area contributed by atoms with Gasteiger partial charge in [-0.3, -0.25) is 10.0 Å². The van der Waals surface area contributed by atoms with Crippen molar-refractivity contribution < 1.29 is 10.0 Å². The molecule has 1 amide bonds. The summed E-state index contributed by atoms with van der Waals surface area (Å²) in [4.78, 5) is 20.9. The second-order valence-corrected chi connectivity index (χ2v) is 1.40. The van der Waals surface area contributed by atoms with Crippen molar-refractivity contribution in [3.8, 4) is 0 Å². The summed E-state index contributed by atoms with van der Waals surface area (Å²) in [5.41, 5.74) is 1.39. The van der Waals surface area contributed by atoms with E-state index in [2.05, 4.69) is 15.0 Å². The van der Waals surface area contributed by atoms with Gasteiger partial charge in [-0.2, -0.15) is 0 Å². The number of aromatic nitrogens is 3. The molecule has 0 aliphatic carbocycles. The number of amides is 1. The molecule has 0 saturated heterocycles. The highest BCUT2D eigenvalue weighted by Gasteiger charge is 2.04. The molecule has 1 aromatic rings. The fourth-order valence-corrected chi connectivity index (χ4v) is 0.406. The van der Waals surface area contributed by atoms with Crippen molar-refractivity contribution in [2.24, 2.45) is 0 Å². The smallest absolute Gasteiger partial charge is 0.288 e. The molecule has 10 heavy (non-hydrogen) atoms. The molecular weight excluding hydrogens is 136 g/mol. The maximum absolute atomic E-state index is 10.5. The van der Waals surface area contributed by atoms with Gasteiger partial charge in [-0.15, -0.1) is 0 Å². The van der Waals surface area contributed by atoms with Crippen molar-refractivity contribution in [2.45, 2.75) is 0 Å². The molecule has 0 unspecified atom stereocenters. The second-order valence-electron chi connectivity index (χ2n) is 1.40. The summed E-state index contributed by atoms with van der Waals surface area (Å²) in [6.45, 7) is 0. The number of hydroxylamine groups is 1. The van der Waals surface area contributed by atoms with E-state index in [1.165, 1.54) is 5.48 Å². The lowest BCUT2D eigenvalue weighted by Gasteiger charge is -1.92. The van der Waals surface area contributed by atoms with Crippen molar-refractivity contribution in [1.29, 1.82) is 0 Å². The van der Waals surface area contributed by atoms with Crippen molar-refractivity contribution in [3.05, 3.63) is 18.5 Å². The van der Waals surface area contributed by atoms with Crippen LogP contribution in [0.5, 0.6) is 0 Å². The molecule has 0 radical (unpaired) electrons. The fraction of sp³-hybridized carbons (Fsp3) is 0. The topological polar surface area (TPSA) is 88.0 Å². The Labute approximate surface area is 55.9 Å². The predicted octanol–water partition coefficient (Wildman–Crippen LogP) is -1.01. The third kappa shape index (κ3) is 1.23. The Hall–Kier alpha value is -1.56. The van der Waals surface area contributed by atoms with Crippen LogP contribution in [0.2, 0.25) is 0 Å². The van der Waals surface area contributed by atoms with Crippen LogP contribution >= 0.6 is 0 Å². The number of carbonyl (C=O) groups is 1. The Morgan fingerprint density at radius 1 is 1.50 bits per heavy atom. The lowest BCUT2D eigenvalue weighted by molar-refractivity contribution is 0.0694. The molecule has 0 aromatic carbocycles. The number of hydrogen-bond acceptors (Lipinski definition) is 5. The molecule has 0 bridgehead atoms. The third-order valence-corrected chi connectivity index (χ3v) is 0.798. The summed E-state index contributed by atoms with van der Waals surface area (Å²) in [6, 6.07) is 0. The summed E-state index contributed by atoms with van der Waals surface area (Å²) in [5.74, 6) is -0.861. The molecule has 1 heterocycles. The van der Waals surface area contributed by atoms with Gasteiger partial charge in [0.1, 0.15) is 12.7 Å². The van der Waals surface area contributed by atoms with E-state index in [9.17, 15) is 4.79 Å². The normalized spacial score (nSPS) is 8.90. The highest BCUT2D eigenvalue weighted by molar-refractivity contribution is 5.89. The van der Waals surface area contributed by atoms with Gasteiger partial charge in [-0.25, -0.2) is 20.4 Å². The lowest BCUT2D eigenvalue weighted by atomic mass is 10.6. The summed E-state index contributed by atoms with van der Waals surface area (Å²) in [7, 11) is 0. The Balaban J connectivity index is 2.85.